The second kappa shape index (κ2) is 7.26. The van der Waals surface area contributed by atoms with Crippen LogP contribution in [-0.4, -0.2) is 29.2 Å². The van der Waals surface area contributed by atoms with Crippen LogP contribution in [-0.2, 0) is 4.79 Å². The summed E-state index contributed by atoms with van der Waals surface area (Å²) in [6.45, 7) is 4.22. The standard InChI is InChI=1S/C12H22BrNO/c1-11(6-8-13)7-10-14-9-4-2-3-5-12(14)15/h11H,2-10H2,1H3. The molecule has 0 aliphatic carbocycles. The van der Waals surface area contributed by atoms with Gasteiger partial charge in [0, 0.05) is 24.8 Å². The average Bonchev–Trinajstić information content (AvgIpc) is 2.41. The van der Waals surface area contributed by atoms with Crippen molar-refractivity contribution in [1.29, 1.82) is 0 Å². The third kappa shape index (κ3) is 5.01. The van der Waals surface area contributed by atoms with Crippen molar-refractivity contribution in [2.45, 2.75) is 45.4 Å². The van der Waals surface area contributed by atoms with Crippen LogP contribution in [0, 0.1) is 5.92 Å². The van der Waals surface area contributed by atoms with Crippen LogP contribution in [0.2, 0.25) is 0 Å². The van der Waals surface area contributed by atoms with E-state index in [2.05, 4.69) is 27.8 Å². The van der Waals surface area contributed by atoms with Gasteiger partial charge in [-0.05, 0) is 31.6 Å². The van der Waals surface area contributed by atoms with Crippen molar-refractivity contribution in [3.8, 4) is 0 Å². The molecule has 0 saturated carbocycles. The molecule has 88 valence electrons. The van der Waals surface area contributed by atoms with Crippen molar-refractivity contribution >= 4 is 21.8 Å². The monoisotopic (exact) mass is 275 g/mol. The first kappa shape index (κ1) is 13.0. The van der Waals surface area contributed by atoms with Crippen LogP contribution in [0.15, 0.2) is 0 Å². The Balaban J connectivity index is 2.26. The zero-order chi connectivity index (χ0) is 11.1. The number of amides is 1. The maximum atomic E-state index is 11.7. The van der Waals surface area contributed by atoms with Gasteiger partial charge < -0.3 is 4.90 Å². The van der Waals surface area contributed by atoms with Crippen molar-refractivity contribution in [1.82, 2.24) is 4.90 Å². The van der Waals surface area contributed by atoms with Crippen molar-refractivity contribution in [2.75, 3.05) is 18.4 Å². The van der Waals surface area contributed by atoms with E-state index in [-0.39, 0.29) is 0 Å². The number of carbonyl (C=O) groups excluding carboxylic acids is 1. The number of likely N-dealkylation sites (tertiary alicyclic amines) is 1. The van der Waals surface area contributed by atoms with Gasteiger partial charge in [0.15, 0.2) is 0 Å². The summed E-state index contributed by atoms with van der Waals surface area (Å²) in [7, 11) is 0. The molecular formula is C12H22BrNO. The Morgan fingerprint density at radius 2 is 2.13 bits per heavy atom. The molecule has 0 radical (unpaired) electrons. The van der Waals surface area contributed by atoms with Gasteiger partial charge in [0.05, 0.1) is 0 Å². The lowest BCUT2D eigenvalue weighted by molar-refractivity contribution is -0.130. The Bertz CT molecular complexity index is 196. The lowest BCUT2D eigenvalue weighted by Crippen LogP contribution is -2.32. The fraction of sp³-hybridized carbons (Fsp3) is 0.917. The molecule has 1 rings (SSSR count). The molecule has 1 unspecified atom stereocenters. The van der Waals surface area contributed by atoms with Gasteiger partial charge in [-0.2, -0.15) is 0 Å². The van der Waals surface area contributed by atoms with Gasteiger partial charge in [-0.1, -0.05) is 29.3 Å². The van der Waals surface area contributed by atoms with Gasteiger partial charge in [-0.25, -0.2) is 0 Å². The van der Waals surface area contributed by atoms with E-state index in [1.807, 2.05) is 0 Å². The van der Waals surface area contributed by atoms with E-state index in [0.717, 1.165) is 43.6 Å². The van der Waals surface area contributed by atoms with E-state index in [1.165, 1.54) is 19.3 Å². The number of halogens is 1. The molecule has 15 heavy (non-hydrogen) atoms. The highest BCUT2D eigenvalue weighted by molar-refractivity contribution is 9.09. The molecule has 1 heterocycles. The summed E-state index contributed by atoms with van der Waals surface area (Å²) in [6, 6.07) is 0. The fourth-order valence-corrected chi connectivity index (χ4v) is 2.76. The van der Waals surface area contributed by atoms with Gasteiger partial charge >= 0.3 is 0 Å². The number of hydrogen-bond acceptors (Lipinski definition) is 1. The normalized spacial score (nSPS) is 20.1. The van der Waals surface area contributed by atoms with Crippen molar-refractivity contribution in [2.24, 2.45) is 5.92 Å². The molecule has 0 bridgehead atoms. The summed E-state index contributed by atoms with van der Waals surface area (Å²) in [5.74, 6) is 1.10. The van der Waals surface area contributed by atoms with E-state index in [1.54, 1.807) is 0 Å². The van der Waals surface area contributed by atoms with Crippen LogP contribution in [0.4, 0.5) is 0 Å². The van der Waals surface area contributed by atoms with Crippen LogP contribution in [0.3, 0.4) is 0 Å². The third-order valence-corrected chi connectivity index (χ3v) is 3.62. The van der Waals surface area contributed by atoms with E-state index < -0.39 is 0 Å². The molecule has 1 atom stereocenters. The maximum Gasteiger partial charge on any atom is 0.222 e. The Morgan fingerprint density at radius 1 is 1.33 bits per heavy atom. The average molecular weight is 276 g/mol. The van der Waals surface area contributed by atoms with Gasteiger partial charge in [0.1, 0.15) is 0 Å². The zero-order valence-electron chi connectivity index (χ0n) is 9.67. The summed E-state index contributed by atoms with van der Waals surface area (Å²) in [5.41, 5.74) is 0. The predicted octanol–water partition coefficient (Wildman–Crippen LogP) is 3.20. The molecule has 0 spiro atoms. The number of rotatable bonds is 5. The minimum Gasteiger partial charge on any atom is -0.343 e. The molecule has 1 fully saturated rings. The number of alkyl halides is 1. The molecule has 1 aliphatic heterocycles. The molecule has 3 heteroatoms. The van der Waals surface area contributed by atoms with E-state index in [9.17, 15) is 4.79 Å². The van der Waals surface area contributed by atoms with Crippen molar-refractivity contribution in [3.63, 3.8) is 0 Å². The smallest absolute Gasteiger partial charge is 0.222 e. The third-order valence-electron chi connectivity index (χ3n) is 3.17. The minimum absolute atomic E-state index is 0.374. The lowest BCUT2D eigenvalue weighted by Gasteiger charge is -2.22. The first-order valence-corrected chi connectivity index (χ1v) is 7.20. The number of carbonyl (C=O) groups is 1. The van der Waals surface area contributed by atoms with Gasteiger partial charge in [0.2, 0.25) is 5.91 Å². The fourth-order valence-electron chi connectivity index (χ4n) is 1.98. The minimum atomic E-state index is 0.374. The van der Waals surface area contributed by atoms with Crippen molar-refractivity contribution in [3.05, 3.63) is 0 Å². The lowest BCUT2D eigenvalue weighted by atomic mass is 10.1. The predicted molar refractivity (Wildman–Crippen MR) is 67.2 cm³/mol. The van der Waals surface area contributed by atoms with Crippen LogP contribution < -0.4 is 0 Å². The Hall–Kier alpha value is -0.0500. The SMILES string of the molecule is CC(CCBr)CCN1CCCCCC1=O. The van der Waals surface area contributed by atoms with E-state index >= 15 is 0 Å². The van der Waals surface area contributed by atoms with Gasteiger partial charge in [-0.15, -0.1) is 0 Å². The van der Waals surface area contributed by atoms with Crippen LogP contribution in [0.1, 0.15) is 45.4 Å². The Kier molecular flexibility index (Phi) is 6.30. The zero-order valence-corrected chi connectivity index (χ0v) is 11.3. The molecular weight excluding hydrogens is 254 g/mol. The van der Waals surface area contributed by atoms with Crippen LogP contribution in [0.25, 0.3) is 0 Å². The maximum absolute atomic E-state index is 11.7. The molecule has 0 aromatic rings. The highest BCUT2D eigenvalue weighted by Crippen LogP contribution is 2.14. The molecule has 1 saturated heterocycles. The second-order valence-electron chi connectivity index (χ2n) is 4.56. The molecule has 0 aromatic carbocycles. The van der Waals surface area contributed by atoms with Crippen LogP contribution >= 0.6 is 15.9 Å². The first-order chi connectivity index (χ1) is 7.24. The topological polar surface area (TPSA) is 20.3 Å². The van der Waals surface area contributed by atoms with E-state index in [4.69, 9.17) is 0 Å². The summed E-state index contributed by atoms with van der Waals surface area (Å²) in [4.78, 5) is 13.8. The van der Waals surface area contributed by atoms with Gasteiger partial charge in [-0.3, -0.25) is 4.79 Å². The molecule has 0 aromatic heterocycles. The Morgan fingerprint density at radius 3 is 2.87 bits per heavy atom. The first-order valence-electron chi connectivity index (χ1n) is 6.07. The summed E-state index contributed by atoms with van der Waals surface area (Å²) < 4.78 is 0. The summed E-state index contributed by atoms with van der Waals surface area (Å²) in [6.07, 6.45) is 6.64. The Labute approximate surface area is 102 Å². The summed E-state index contributed by atoms with van der Waals surface area (Å²) in [5, 5.41) is 1.07. The number of nitrogens with zero attached hydrogens (tertiary/aromatic N) is 1. The summed E-state index contributed by atoms with van der Waals surface area (Å²) >= 11 is 3.46. The number of hydrogen-bond donors (Lipinski definition) is 0. The quantitative estimate of drug-likeness (QED) is 0.706. The largest absolute Gasteiger partial charge is 0.343 e. The van der Waals surface area contributed by atoms with Crippen molar-refractivity contribution < 1.29 is 4.79 Å². The van der Waals surface area contributed by atoms with Crippen LogP contribution in [0.5, 0.6) is 0 Å². The molecule has 1 amide bonds. The molecule has 2 nitrogen and oxygen atoms in total. The molecule has 1 aliphatic rings. The molecule has 0 N–H and O–H groups in total. The highest BCUT2D eigenvalue weighted by Gasteiger charge is 2.16. The van der Waals surface area contributed by atoms with E-state index in [0.29, 0.717) is 5.91 Å². The second-order valence-corrected chi connectivity index (χ2v) is 5.36. The highest BCUT2D eigenvalue weighted by atomic mass is 79.9. The van der Waals surface area contributed by atoms with Gasteiger partial charge in [0.25, 0.3) is 0 Å².